The van der Waals surface area contributed by atoms with Crippen LogP contribution >= 0.6 is 0 Å². The summed E-state index contributed by atoms with van der Waals surface area (Å²) in [7, 11) is 0. The molecule has 0 spiro atoms. The van der Waals surface area contributed by atoms with Crippen LogP contribution in [0.25, 0.3) is 0 Å². The van der Waals surface area contributed by atoms with E-state index in [1.165, 1.54) is 6.92 Å². The average Bonchev–Trinajstić information content (AvgIpc) is 2.84. The molecule has 0 fully saturated rings. The second kappa shape index (κ2) is 6.77. The van der Waals surface area contributed by atoms with Crippen molar-refractivity contribution in [2.75, 3.05) is 0 Å². The summed E-state index contributed by atoms with van der Waals surface area (Å²) in [6, 6.07) is 5.08. The van der Waals surface area contributed by atoms with Crippen molar-refractivity contribution in [3.63, 3.8) is 0 Å². The van der Waals surface area contributed by atoms with E-state index >= 15 is 0 Å². The Morgan fingerprint density at radius 2 is 2.04 bits per heavy atom. The number of hydrogen-bond acceptors (Lipinski definition) is 5. The topological polar surface area (TPSA) is 72.8 Å². The fraction of sp³-hybridized carbons (Fsp3) is 0.474. The van der Waals surface area contributed by atoms with Crippen LogP contribution in [-0.4, -0.2) is 28.6 Å². The number of esters is 1. The molecular weight excluding hydrogens is 308 g/mol. The Balaban J connectivity index is 2.29. The molecule has 0 amide bonds. The third-order valence-electron chi connectivity index (χ3n) is 4.28. The number of carbonyl (C=O) groups is 2. The molecule has 130 valence electrons. The van der Waals surface area contributed by atoms with Gasteiger partial charge in [0, 0.05) is 11.1 Å². The number of aliphatic hydroxyl groups is 1. The van der Waals surface area contributed by atoms with Crippen LogP contribution < -0.4 is 4.74 Å². The van der Waals surface area contributed by atoms with Crippen LogP contribution in [0.2, 0.25) is 0 Å². The summed E-state index contributed by atoms with van der Waals surface area (Å²) in [6.07, 6.45) is -0.835. The molecule has 1 heterocycles. The van der Waals surface area contributed by atoms with Gasteiger partial charge in [0.2, 0.25) is 0 Å². The van der Waals surface area contributed by atoms with Crippen molar-refractivity contribution in [2.45, 2.75) is 58.3 Å². The first-order valence-corrected chi connectivity index (χ1v) is 8.03. The highest BCUT2D eigenvalue weighted by molar-refractivity contribution is 5.94. The van der Waals surface area contributed by atoms with Gasteiger partial charge in [-0.3, -0.25) is 9.59 Å². The summed E-state index contributed by atoms with van der Waals surface area (Å²) >= 11 is 0. The summed E-state index contributed by atoms with van der Waals surface area (Å²) in [5.74, 6) is -0.00797. The fourth-order valence-corrected chi connectivity index (χ4v) is 2.56. The predicted molar refractivity (Wildman–Crippen MR) is 90.0 cm³/mol. The lowest BCUT2D eigenvalue weighted by Crippen LogP contribution is -2.30. The van der Waals surface area contributed by atoms with Crippen LogP contribution in [0.3, 0.4) is 0 Å². The Morgan fingerprint density at radius 1 is 1.38 bits per heavy atom. The van der Waals surface area contributed by atoms with Crippen LogP contribution in [0.4, 0.5) is 0 Å². The number of ketones is 1. The van der Waals surface area contributed by atoms with Gasteiger partial charge in [0.1, 0.15) is 5.75 Å². The van der Waals surface area contributed by atoms with Crippen molar-refractivity contribution in [1.29, 1.82) is 0 Å². The number of benzene rings is 1. The van der Waals surface area contributed by atoms with Crippen molar-refractivity contribution < 1.29 is 24.2 Å². The van der Waals surface area contributed by atoms with E-state index in [1.807, 2.05) is 0 Å². The zero-order chi connectivity index (χ0) is 18.1. The monoisotopic (exact) mass is 332 g/mol. The van der Waals surface area contributed by atoms with Gasteiger partial charge in [-0.25, -0.2) is 0 Å². The van der Waals surface area contributed by atoms with Gasteiger partial charge in [-0.1, -0.05) is 13.5 Å². The number of rotatable bonds is 6. The summed E-state index contributed by atoms with van der Waals surface area (Å²) in [4.78, 5) is 23.9. The molecule has 2 rings (SSSR count). The maximum atomic E-state index is 12.2. The molecule has 0 saturated heterocycles. The van der Waals surface area contributed by atoms with Gasteiger partial charge in [0.25, 0.3) is 0 Å². The van der Waals surface area contributed by atoms with Crippen LogP contribution in [-0.2, 0) is 9.53 Å². The standard InChI is InChI=1S/C19H24O5/c1-6-19(5,22)10-16(21)24-18-14-9-13(12(4)20)7-8-15(14)23-17(18)11(2)3/h7-9,17-18,22H,2,6,10H2,1,3-5H3. The number of hydrogen-bond donors (Lipinski definition) is 1. The smallest absolute Gasteiger partial charge is 0.309 e. The van der Waals surface area contributed by atoms with Gasteiger partial charge >= 0.3 is 5.97 Å². The number of Topliss-reactive ketones (excluding diaryl/α,β-unsaturated/α-hetero) is 1. The van der Waals surface area contributed by atoms with E-state index in [2.05, 4.69) is 6.58 Å². The van der Waals surface area contributed by atoms with E-state index in [-0.39, 0.29) is 12.2 Å². The van der Waals surface area contributed by atoms with E-state index in [0.29, 0.717) is 23.3 Å². The van der Waals surface area contributed by atoms with Crippen LogP contribution in [0.5, 0.6) is 5.75 Å². The minimum atomic E-state index is -1.11. The molecule has 0 aromatic heterocycles. The number of carbonyl (C=O) groups excluding carboxylic acids is 2. The molecule has 0 saturated carbocycles. The molecule has 0 radical (unpaired) electrons. The zero-order valence-electron chi connectivity index (χ0n) is 14.6. The Bertz CT molecular complexity index is 674. The molecule has 1 aliphatic heterocycles. The van der Waals surface area contributed by atoms with Crippen LogP contribution in [0.15, 0.2) is 30.4 Å². The lowest BCUT2D eigenvalue weighted by Gasteiger charge is -2.23. The van der Waals surface area contributed by atoms with Crippen molar-refractivity contribution in [2.24, 2.45) is 0 Å². The number of ether oxygens (including phenoxy) is 2. The van der Waals surface area contributed by atoms with Crippen LogP contribution in [0, 0.1) is 0 Å². The highest BCUT2D eigenvalue weighted by Gasteiger charge is 2.39. The summed E-state index contributed by atoms with van der Waals surface area (Å²) in [5.41, 5.74) is 0.788. The Hall–Kier alpha value is -2.14. The first kappa shape index (κ1) is 18.2. The highest BCUT2D eigenvalue weighted by Crippen LogP contribution is 2.42. The molecule has 3 atom stereocenters. The second-order valence-electron chi connectivity index (χ2n) is 6.63. The Morgan fingerprint density at radius 3 is 2.58 bits per heavy atom. The molecule has 0 aliphatic carbocycles. The highest BCUT2D eigenvalue weighted by atomic mass is 16.6. The van der Waals surface area contributed by atoms with Gasteiger partial charge in [-0.05, 0) is 51.0 Å². The lowest BCUT2D eigenvalue weighted by atomic mass is 9.98. The molecule has 1 aromatic rings. The molecule has 5 heteroatoms. The van der Waals surface area contributed by atoms with Gasteiger partial charge in [-0.2, -0.15) is 0 Å². The fourth-order valence-electron chi connectivity index (χ4n) is 2.56. The normalized spacial score (nSPS) is 21.4. The van der Waals surface area contributed by atoms with Gasteiger partial charge < -0.3 is 14.6 Å². The largest absolute Gasteiger partial charge is 0.481 e. The SMILES string of the molecule is C=C(C)C1Oc2ccc(C(C)=O)cc2C1OC(=O)CC(C)(O)CC. The summed E-state index contributed by atoms with van der Waals surface area (Å²) < 4.78 is 11.4. The van der Waals surface area contributed by atoms with Crippen LogP contribution in [0.1, 0.15) is 62.6 Å². The quantitative estimate of drug-likeness (QED) is 0.491. The van der Waals surface area contributed by atoms with Gasteiger partial charge in [-0.15, -0.1) is 0 Å². The van der Waals surface area contributed by atoms with Crippen molar-refractivity contribution in [1.82, 2.24) is 0 Å². The third kappa shape index (κ3) is 3.85. The Labute approximate surface area is 142 Å². The molecule has 0 bridgehead atoms. The van der Waals surface area contributed by atoms with Crippen molar-refractivity contribution >= 4 is 11.8 Å². The molecular formula is C19H24O5. The van der Waals surface area contributed by atoms with E-state index < -0.39 is 23.8 Å². The predicted octanol–water partition coefficient (Wildman–Crippen LogP) is 3.36. The van der Waals surface area contributed by atoms with Crippen molar-refractivity contribution in [3.8, 4) is 5.75 Å². The summed E-state index contributed by atoms with van der Waals surface area (Å²) in [6.45, 7) is 10.6. The maximum absolute atomic E-state index is 12.2. The van der Waals surface area contributed by atoms with Gasteiger partial charge in [0.05, 0.1) is 12.0 Å². The maximum Gasteiger partial charge on any atom is 0.309 e. The molecule has 5 nitrogen and oxygen atoms in total. The lowest BCUT2D eigenvalue weighted by molar-refractivity contribution is -0.156. The average molecular weight is 332 g/mol. The minimum Gasteiger partial charge on any atom is -0.481 e. The van der Waals surface area contributed by atoms with E-state index in [9.17, 15) is 14.7 Å². The molecule has 24 heavy (non-hydrogen) atoms. The van der Waals surface area contributed by atoms with Gasteiger partial charge in [0.15, 0.2) is 18.0 Å². The van der Waals surface area contributed by atoms with E-state index in [0.717, 1.165) is 5.57 Å². The second-order valence-corrected chi connectivity index (χ2v) is 6.63. The molecule has 1 N–H and O–H groups in total. The van der Waals surface area contributed by atoms with E-state index in [4.69, 9.17) is 9.47 Å². The molecule has 3 unspecified atom stereocenters. The first-order valence-electron chi connectivity index (χ1n) is 8.03. The summed E-state index contributed by atoms with van der Waals surface area (Å²) in [5, 5.41) is 10.1. The third-order valence-corrected chi connectivity index (χ3v) is 4.28. The minimum absolute atomic E-state index is 0.0735. The molecule has 1 aliphatic rings. The number of fused-ring (bicyclic) bond motifs is 1. The first-order chi connectivity index (χ1) is 11.1. The molecule has 1 aromatic carbocycles. The van der Waals surface area contributed by atoms with Crippen molar-refractivity contribution in [3.05, 3.63) is 41.5 Å². The Kier molecular flexibility index (Phi) is 5.13. The van der Waals surface area contributed by atoms with E-state index in [1.54, 1.807) is 39.0 Å². The zero-order valence-corrected chi connectivity index (χ0v) is 14.6.